The van der Waals surface area contributed by atoms with Crippen LogP contribution in [0.3, 0.4) is 0 Å². The van der Waals surface area contributed by atoms with Gasteiger partial charge in [-0.05, 0) is 64.7 Å². The van der Waals surface area contributed by atoms with Gasteiger partial charge in [-0.2, -0.15) is 0 Å². The molecule has 104 valence electrons. The highest BCUT2D eigenvalue weighted by Crippen LogP contribution is 2.35. The number of halogens is 2. The number of nitrogens with one attached hydrogen (secondary N) is 1. The van der Waals surface area contributed by atoms with Crippen LogP contribution in [-0.2, 0) is 6.54 Å². The van der Waals surface area contributed by atoms with E-state index in [1.807, 2.05) is 18.3 Å². The fraction of sp³-hybridized carbons (Fsp3) is 0.267. The van der Waals surface area contributed by atoms with E-state index in [1.165, 1.54) is 23.3 Å². The Morgan fingerprint density at radius 3 is 2.85 bits per heavy atom. The van der Waals surface area contributed by atoms with Gasteiger partial charge in [0, 0.05) is 28.2 Å². The fourth-order valence-corrected chi connectivity index (χ4v) is 3.67. The van der Waals surface area contributed by atoms with Crippen molar-refractivity contribution >= 4 is 43.6 Å². The third-order valence-corrected chi connectivity index (χ3v) is 5.64. The van der Waals surface area contributed by atoms with Gasteiger partial charge in [0.15, 0.2) is 0 Å². The third kappa shape index (κ3) is 3.85. The average molecular weight is 414 g/mol. The maximum Gasteiger partial charge on any atom is 0.115 e. The summed E-state index contributed by atoms with van der Waals surface area (Å²) >= 11 is 8.82. The Morgan fingerprint density at radius 2 is 2.10 bits per heavy atom. The number of hydrogen-bond acceptors (Lipinski definition) is 3. The molecule has 1 aromatic carbocycles. The lowest BCUT2D eigenvalue weighted by Crippen LogP contribution is -2.15. The van der Waals surface area contributed by atoms with Crippen LogP contribution in [0.15, 0.2) is 55.4 Å². The molecule has 3 rings (SSSR count). The normalized spacial score (nSPS) is 14.5. The Morgan fingerprint density at radius 1 is 1.25 bits per heavy atom. The molecule has 5 heteroatoms. The molecule has 0 aliphatic heterocycles. The van der Waals surface area contributed by atoms with Crippen LogP contribution in [-0.4, -0.2) is 11.0 Å². The van der Waals surface area contributed by atoms with E-state index in [1.54, 1.807) is 11.8 Å². The second-order valence-corrected chi connectivity index (χ2v) is 7.60. The SMILES string of the molecule is Brc1ccc(Sc2ncccc2Br)c(CNC2CC2)c1. The molecule has 0 unspecified atom stereocenters. The first kappa shape index (κ1) is 14.6. The summed E-state index contributed by atoms with van der Waals surface area (Å²) in [5, 5.41) is 4.58. The van der Waals surface area contributed by atoms with Crippen molar-refractivity contribution < 1.29 is 0 Å². The van der Waals surface area contributed by atoms with Crippen LogP contribution in [0.5, 0.6) is 0 Å². The molecule has 1 aliphatic carbocycles. The van der Waals surface area contributed by atoms with E-state index in [2.05, 4.69) is 60.4 Å². The molecular weight excluding hydrogens is 400 g/mol. The minimum atomic E-state index is 0.716. The first-order valence-electron chi connectivity index (χ1n) is 6.52. The zero-order chi connectivity index (χ0) is 13.9. The Balaban J connectivity index is 1.82. The molecule has 2 aromatic rings. The monoisotopic (exact) mass is 412 g/mol. The van der Waals surface area contributed by atoms with Crippen molar-refractivity contribution in [2.75, 3.05) is 0 Å². The van der Waals surface area contributed by atoms with Gasteiger partial charge >= 0.3 is 0 Å². The van der Waals surface area contributed by atoms with Crippen LogP contribution in [0.4, 0.5) is 0 Å². The Kier molecular flexibility index (Phi) is 4.81. The lowest BCUT2D eigenvalue weighted by molar-refractivity contribution is 0.680. The second kappa shape index (κ2) is 6.60. The number of benzene rings is 1. The van der Waals surface area contributed by atoms with E-state index < -0.39 is 0 Å². The molecule has 0 atom stereocenters. The van der Waals surface area contributed by atoms with E-state index in [-0.39, 0.29) is 0 Å². The van der Waals surface area contributed by atoms with E-state index >= 15 is 0 Å². The van der Waals surface area contributed by atoms with Crippen LogP contribution >= 0.6 is 43.6 Å². The fourth-order valence-electron chi connectivity index (χ4n) is 1.88. The Hall–Kier alpha value is -0.360. The Labute approximate surface area is 140 Å². The van der Waals surface area contributed by atoms with E-state index in [4.69, 9.17) is 0 Å². The lowest BCUT2D eigenvalue weighted by atomic mass is 10.2. The molecule has 0 radical (unpaired) electrons. The van der Waals surface area contributed by atoms with Crippen molar-refractivity contribution in [3.8, 4) is 0 Å². The molecule has 1 aliphatic rings. The van der Waals surface area contributed by atoms with E-state index in [9.17, 15) is 0 Å². The molecule has 0 spiro atoms. The van der Waals surface area contributed by atoms with Gasteiger partial charge in [-0.1, -0.05) is 27.7 Å². The Bertz CT molecular complexity index is 615. The van der Waals surface area contributed by atoms with Gasteiger partial charge in [0.2, 0.25) is 0 Å². The molecule has 1 fully saturated rings. The lowest BCUT2D eigenvalue weighted by Gasteiger charge is -2.11. The van der Waals surface area contributed by atoms with Crippen LogP contribution in [0.25, 0.3) is 0 Å². The topological polar surface area (TPSA) is 24.9 Å². The van der Waals surface area contributed by atoms with Gasteiger partial charge in [0.25, 0.3) is 0 Å². The van der Waals surface area contributed by atoms with Crippen molar-refractivity contribution in [3.05, 3.63) is 51.0 Å². The van der Waals surface area contributed by atoms with Crippen molar-refractivity contribution in [1.82, 2.24) is 10.3 Å². The average Bonchev–Trinajstić information content (AvgIpc) is 3.25. The van der Waals surface area contributed by atoms with Gasteiger partial charge in [-0.25, -0.2) is 4.98 Å². The maximum absolute atomic E-state index is 4.43. The summed E-state index contributed by atoms with van der Waals surface area (Å²) in [5.41, 5.74) is 1.31. The molecule has 0 saturated heterocycles. The van der Waals surface area contributed by atoms with Gasteiger partial charge in [-0.3, -0.25) is 0 Å². The van der Waals surface area contributed by atoms with Gasteiger partial charge in [0.05, 0.1) is 4.47 Å². The number of rotatable bonds is 5. The summed E-state index contributed by atoms with van der Waals surface area (Å²) in [5.74, 6) is 0. The zero-order valence-electron chi connectivity index (χ0n) is 10.8. The quantitative estimate of drug-likeness (QED) is 0.745. The van der Waals surface area contributed by atoms with Crippen LogP contribution < -0.4 is 5.32 Å². The standard InChI is InChI=1S/C15H14Br2N2S/c16-11-3-6-14(10(8-11)9-19-12-4-5-12)20-15-13(17)2-1-7-18-15/h1-3,6-8,12,19H,4-5,9H2. The zero-order valence-corrected chi connectivity index (χ0v) is 14.8. The highest BCUT2D eigenvalue weighted by molar-refractivity contribution is 9.10. The molecule has 1 heterocycles. The van der Waals surface area contributed by atoms with Crippen molar-refractivity contribution in [3.63, 3.8) is 0 Å². The molecule has 1 saturated carbocycles. The van der Waals surface area contributed by atoms with Crippen molar-refractivity contribution in [2.45, 2.75) is 35.3 Å². The summed E-state index contributed by atoms with van der Waals surface area (Å²) in [6.45, 7) is 0.914. The van der Waals surface area contributed by atoms with Crippen molar-refractivity contribution in [2.24, 2.45) is 0 Å². The first-order valence-corrected chi connectivity index (χ1v) is 8.93. The second-order valence-electron chi connectivity index (χ2n) is 4.80. The van der Waals surface area contributed by atoms with Crippen LogP contribution in [0, 0.1) is 0 Å². The van der Waals surface area contributed by atoms with Gasteiger partial charge in [-0.15, -0.1) is 0 Å². The summed E-state index contributed by atoms with van der Waals surface area (Å²) in [6.07, 6.45) is 4.44. The number of nitrogens with zero attached hydrogens (tertiary/aromatic N) is 1. The summed E-state index contributed by atoms with van der Waals surface area (Å²) < 4.78 is 2.16. The molecule has 1 aromatic heterocycles. The minimum absolute atomic E-state index is 0.716. The molecule has 0 amide bonds. The number of aromatic nitrogens is 1. The van der Waals surface area contributed by atoms with Gasteiger partial charge < -0.3 is 5.32 Å². The number of pyridine rings is 1. The predicted octanol–water partition coefficient (Wildman–Crippen LogP) is 5.01. The molecule has 2 nitrogen and oxygen atoms in total. The summed E-state index contributed by atoms with van der Waals surface area (Å²) in [7, 11) is 0. The van der Waals surface area contributed by atoms with Crippen LogP contribution in [0.1, 0.15) is 18.4 Å². The predicted molar refractivity (Wildman–Crippen MR) is 90.1 cm³/mol. The molecule has 20 heavy (non-hydrogen) atoms. The number of hydrogen-bond donors (Lipinski definition) is 1. The minimum Gasteiger partial charge on any atom is -0.310 e. The van der Waals surface area contributed by atoms with E-state index in [0.29, 0.717) is 6.04 Å². The van der Waals surface area contributed by atoms with Crippen molar-refractivity contribution in [1.29, 1.82) is 0 Å². The smallest absolute Gasteiger partial charge is 0.115 e. The summed E-state index contributed by atoms with van der Waals surface area (Å²) in [6, 6.07) is 11.1. The highest BCUT2D eigenvalue weighted by Gasteiger charge is 2.20. The molecule has 1 N–H and O–H groups in total. The van der Waals surface area contributed by atoms with Gasteiger partial charge in [0.1, 0.15) is 5.03 Å². The highest BCUT2D eigenvalue weighted by atomic mass is 79.9. The van der Waals surface area contributed by atoms with Crippen LogP contribution in [0.2, 0.25) is 0 Å². The first-order chi connectivity index (χ1) is 9.72. The maximum atomic E-state index is 4.43. The third-order valence-electron chi connectivity index (χ3n) is 3.11. The largest absolute Gasteiger partial charge is 0.310 e. The summed E-state index contributed by atoms with van der Waals surface area (Å²) in [4.78, 5) is 5.68. The molecular formula is C15H14Br2N2S. The molecule has 0 bridgehead atoms. The van der Waals surface area contributed by atoms with E-state index in [0.717, 1.165) is 20.5 Å².